The Labute approximate surface area is 54.1 Å². The normalized spacial score (nSPS) is 16.1. The van der Waals surface area contributed by atoms with E-state index in [-0.39, 0.29) is 4.75 Å². The van der Waals surface area contributed by atoms with Gasteiger partial charge in [-0.05, 0) is 20.8 Å². The Morgan fingerprint density at radius 2 is 1.75 bits per heavy atom. The van der Waals surface area contributed by atoms with Crippen LogP contribution in [0.25, 0.3) is 0 Å². The highest BCUT2D eigenvalue weighted by Crippen LogP contribution is 2.12. The van der Waals surface area contributed by atoms with E-state index >= 15 is 0 Å². The van der Waals surface area contributed by atoms with Crippen LogP contribution < -0.4 is 5.14 Å². The summed E-state index contributed by atoms with van der Waals surface area (Å²) in [5.74, 6) is 0. The van der Waals surface area contributed by atoms with Gasteiger partial charge in [-0.2, -0.15) is 4.18 Å². The van der Waals surface area contributed by atoms with Gasteiger partial charge in [0.15, 0.2) is 4.75 Å². The number of nitrogens with two attached hydrogens (primary N) is 1. The van der Waals surface area contributed by atoms with E-state index in [0.29, 0.717) is 0 Å². The predicted octanol–water partition coefficient (Wildman–Crippen LogP) is 0.838. The molecule has 0 aliphatic carbocycles. The van der Waals surface area contributed by atoms with E-state index in [9.17, 15) is 0 Å². The highest BCUT2D eigenvalue weighted by Gasteiger charge is 2.32. The van der Waals surface area contributed by atoms with E-state index < -0.39 is 11.4 Å². The van der Waals surface area contributed by atoms with Gasteiger partial charge in [-0.1, -0.05) is 0 Å². The third-order valence-electron chi connectivity index (χ3n) is 0.783. The molecule has 0 fully saturated rings. The molecule has 50 valence electrons. The fourth-order valence-corrected chi connectivity index (χ4v) is 0.750. The van der Waals surface area contributed by atoms with Gasteiger partial charge in [-0.25, -0.2) is 0 Å². The van der Waals surface area contributed by atoms with Crippen LogP contribution >= 0.6 is 0 Å². The Morgan fingerprint density at radius 3 is 1.75 bits per heavy atom. The van der Waals surface area contributed by atoms with E-state index in [1.165, 1.54) is 0 Å². The van der Waals surface area contributed by atoms with Crippen molar-refractivity contribution in [3.63, 3.8) is 0 Å². The molecule has 1 unspecified atom stereocenters. The molecule has 0 aliphatic heterocycles. The summed E-state index contributed by atoms with van der Waals surface area (Å²) in [4.78, 5) is 0. The van der Waals surface area contributed by atoms with Gasteiger partial charge in [0.1, 0.15) is 0 Å². The van der Waals surface area contributed by atoms with Crippen LogP contribution in [0.1, 0.15) is 20.8 Å². The molecule has 3 heteroatoms. The molecule has 0 aliphatic rings. The fraction of sp³-hybridized carbons (Fsp3) is 1.00. The minimum absolute atomic E-state index is 0.0920. The topological polar surface area (TPSA) is 35.2 Å². The maximum atomic E-state index is 5.56. The van der Waals surface area contributed by atoms with E-state index in [0.717, 1.165) is 0 Å². The van der Waals surface area contributed by atoms with Gasteiger partial charge >= 0.3 is 0 Å². The Bertz CT molecular complexity index is 69.3. The van der Waals surface area contributed by atoms with E-state index in [4.69, 9.17) is 9.32 Å². The Hall–Kier alpha value is 0.270. The van der Waals surface area contributed by atoms with Crippen LogP contribution in [0.5, 0.6) is 0 Å². The van der Waals surface area contributed by atoms with Gasteiger partial charge in [-0.3, -0.25) is 0 Å². The first-order chi connectivity index (χ1) is 3.48. The lowest BCUT2D eigenvalue weighted by Crippen LogP contribution is -2.35. The quantitative estimate of drug-likeness (QED) is 0.542. The molecule has 0 spiro atoms. The van der Waals surface area contributed by atoms with E-state index in [1.807, 2.05) is 0 Å². The van der Waals surface area contributed by atoms with Crippen LogP contribution in [-0.2, 0) is 15.5 Å². The molecular weight excluding hydrogens is 122 g/mol. The van der Waals surface area contributed by atoms with Gasteiger partial charge in [0.25, 0.3) is 0 Å². The Balaban J connectivity index is 3.62. The molecule has 0 bridgehead atoms. The summed E-state index contributed by atoms with van der Waals surface area (Å²) in [5, 5.41) is 5.56. The highest BCUT2D eigenvalue weighted by atomic mass is 32.2. The fourth-order valence-electron chi connectivity index (χ4n) is 0.250. The zero-order valence-electron chi connectivity index (χ0n) is 5.89. The Kier molecular flexibility index (Phi) is 2.80. The van der Waals surface area contributed by atoms with Crippen molar-refractivity contribution in [1.29, 1.82) is 0 Å². The van der Waals surface area contributed by atoms with Gasteiger partial charge in [0.05, 0.1) is 7.11 Å². The molecule has 0 radical (unpaired) electrons. The molecule has 2 N–H and O–H groups in total. The number of hydrogen-bond donors (Lipinski definition) is 1. The number of rotatable bonds is 1. The van der Waals surface area contributed by atoms with Gasteiger partial charge in [-0.15, -0.1) is 5.14 Å². The van der Waals surface area contributed by atoms with Crippen molar-refractivity contribution in [2.24, 2.45) is 5.14 Å². The largest absolute Gasteiger partial charge is 0.239 e. The highest BCUT2D eigenvalue weighted by molar-refractivity contribution is 7.91. The molecule has 0 saturated carbocycles. The van der Waals surface area contributed by atoms with Crippen molar-refractivity contribution in [3.05, 3.63) is 0 Å². The van der Waals surface area contributed by atoms with Crippen LogP contribution in [-0.4, -0.2) is 11.9 Å². The minimum atomic E-state index is -0.394. The van der Waals surface area contributed by atoms with Gasteiger partial charge in [0, 0.05) is 0 Å². The molecule has 0 saturated heterocycles. The SMILES string of the molecule is CO[S+](N)C(C)(C)C. The summed E-state index contributed by atoms with van der Waals surface area (Å²) >= 11 is -0.394. The van der Waals surface area contributed by atoms with Crippen molar-refractivity contribution in [2.45, 2.75) is 25.5 Å². The predicted molar refractivity (Wildman–Crippen MR) is 38.3 cm³/mol. The molecule has 0 heterocycles. The summed E-state index contributed by atoms with van der Waals surface area (Å²) in [7, 11) is 1.63. The second-order valence-corrected chi connectivity index (χ2v) is 4.73. The van der Waals surface area contributed by atoms with Crippen LogP contribution in [0, 0.1) is 0 Å². The van der Waals surface area contributed by atoms with E-state index in [2.05, 4.69) is 20.8 Å². The molecule has 1 atom stereocenters. The summed E-state index contributed by atoms with van der Waals surface area (Å²) in [5.41, 5.74) is 0. The monoisotopic (exact) mass is 136 g/mol. The van der Waals surface area contributed by atoms with Gasteiger partial charge < -0.3 is 0 Å². The lowest BCUT2D eigenvalue weighted by atomic mass is 10.3. The van der Waals surface area contributed by atoms with Crippen LogP contribution in [0.2, 0.25) is 0 Å². The van der Waals surface area contributed by atoms with Crippen molar-refractivity contribution < 1.29 is 4.18 Å². The standard InChI is InChI=1S/C5H14NOS/c1-5(2,3)8(6)7-4/h6H2,1-4H3/q+1. The molecule has 0 aromatic heterocycles. The molecule has 0 aromatic carbocycles. The zero-order valence-corrected chi connectivity index (χ0v) is 6.71. The average molecular weight is 136 g/mol. The van der Waals surface area contributed by atoms with Crippen molar-refractivity contribution >= 4 is 11.4 Å². The average Bonchev–Trinajstić information content (AvgIpc) is 1.62. The second kappa shape index (κ2) is 2.71. The molecule has 8 heavy (non-hydrogen) atoms. The summed E-state index contributed by atoms with van der Waals surface area (Å²) < 4.78 is 5.01. The molecule has 2 nitrogen and oxygen atoms in total. The summed E-state index contributed by atoms with van der Waals surface area (Å²) in [6, 6.07) is 0. The summed E-state index contributed by atoms with van der Waals surface area (Å²) in [6.45, 7) is 6.17. The first-order valence-electron chi connectivity index (χ1n) is 2.51. The van der Waals surface area contributed by atoms with Crippen LogP contribution in [0.3, 0.4) is 0 Å². The lowest BCUT2D eigenvalue weighted by molar-refractivity contribution is 0.455. The third kappa shape index (κ3) is 2.55. The second-order valence-electron chi connectivity index (χ2n) is 2.58. The van der Waals surface area contributed by atoms with Crippen LogP contribution in [0.15, 0.2) is 0 Å². The zero-order chi connectivity index (χ0) is 6.78. The number of hydrogen-bond acceptors (Lipinski definition) is 2. The first kappa shape index (κ1) is 8.27. The first-order valence-corrected chi connectivity index (χ1v) is 3.73. The maximum Gasteiger partial charge on any atom is 0.239 e. The van der Waals surface area contributed by atoms with Crippen LogP contribution in [0.4, 0.5) is 0 Å². The smallest absolute Gasteiger partial charge is 0.155 e. The Morgan fingerprint density at radius 1 is 1.38 bits per heavy atom. The molecule has 0 aromatic rings. The van der Waals surface area contributed by atoms with Gasteiger partial charge in [0.2, 0.25) is 11.4 Å². The van der Waals surface area contributed by atoms with Crippen molar-refractivity contribution in [1.82, 2.24) is 0 Å². The maximum absolute atomic E-state index is 5.56. The summed E-state index contributed by atoms with van der Waals surface area (Å²) in [6.07, 6.45) is 0. The van der Waals surface area contributed by atoms with E-state index in [1.54, 1.807) is 7.11 Å². The van der Waals surface area contributed by atoms with Crippen molar-refractivity contribution in [3.8, 4) is 0 Å². The molecule has 0 rings (SSSR count). The minimum Gasteiger partial charge on any atom is -0.155 e. The molecular formula is C5H14NOS+. The third-order valence-corrected chi connectivity index (χ3v) is 2.35. The van der Waals surface area contributed by atoms with Crippen molar-refractivity contribution in [2.75, 3.05) is 7.11 Å². The lowest BCUT2D eigenvalue weighted by Gasteiger charge is -2.11. The molecule has 0 amide bonds.